The molecule has 0 radical (unpaired) electrons. The van der Waals surface area contributed by atoms with E-state index in [1.54, 1.807) is 6.92 Å². The zero-order valence-corrected chi connectivity index (χ0v) is 14.3. The van der Waals surface area contributed by atoms with Gasteiger partial charge in [0.25, 0.3) is 5.91 Å². The quantitative estimate of drug-likeness (QED) is 0.760. The third-order valence-electron chi connectivity index (χ3n) is 3.75. The maximum atomic E-state index is 13.4. The molecule has 1 aromatic heterocycles. The summed E-state index contributed by atoms with van der Waals surface area (Å²) in [5.74, 6) is -1.58. The Hall–Kier alpha value is -2.77. The van der Waals surface area contributed by atoms with Crippen LogP contribution in [0, 0.1) is 5.92 Å². The number of hydrogen-bond acceptors (Lipinski definition) is 3. The second kappa shape index (κ2) is 8.07. The molecule has 26 heavy (non-hydrogen) atoms. The van der Waals surface area contributed by atoms with Crippen molar-refractivity contribution in [3.05, 3.63) is 47.9 Å². The van der Waals surface area contributed by atoms with Gasteiger partial charge in [0.2, 0.25) is 5.91 Å². The van der Waals surface area contributed by atoms with Gasteiger partial charge < -0.3 is 15.1 Å². The summed E-state index contributed by atoms with van der Waals surface area (Å²) in [5.41, 5.74) is -1.44. The van der Waals surface area contributed by atoms with Crippen LogP contribution in [0.4, 0.5) is 24.5 Å². The van der Waals surface area contributed by atoms with Gasteiger partial charge in [0.15, 0.2) is 5.76 Å². The Balaban J connectivity index is 2.24. The number of halogens is 3. The van der Waals surface area contributed by atoms with Gasteiger partial charge in [0, 0.05) is 11.6 Å². The van der Waals surface area contributed by atoms with Crippen LogP contribution in [-0.4, -0.2) is 11.8 Å². The molecule has 2 amide bonds. The van der Waals surface area contributed by atoms with E-state index in [-0.39, 0.29) is 17.1 Å². The van der Waals surface area contributed by atoms with Crippen molar-refractivity contribution in [1.82, 2.24) is 0 Å². The molecule has 2 rings (SSSR count). The number of carbonyl (C=O) groups is 2. The number of amides is 2. The Morgan fingerprint density at radius 1 is 1.19 bits per heavy atom. The van der Waals surface area contributed by atoms with Crippen LogP contribution in [0.5, 0.6) is 0 Å². The molecule has 2 aromatic rings. The van der Waals surface area contributed by atoms with Gasteiger partial charge in [-0.3, -0.25) is 9.59 Å². The highest BCUT2D eigenvalue weighted by Crippen LogP contribution is 2.37. The summed E-state index contributed by atoms with van der Waals surface area (Å²) >= 11 is 0. The minimum absolute atomic E-state index is 0.0238. The van der Waals surface area contributed by atoms with Gasteiger partial charge in [-0.25, -0.2) is 0 Å². The smallest absolute Gasteiger partial charge is 0.418 e. The zero-order valence-electron chi connectivity index (χ0n) is 14.3. The average Bonchev–Trinajstić information content (AvgIpc) is 3.10. The van der Waals surface area contributed by atoms with E-state index in [2.05, 4.69) is 10.6 Å². The summed E-state index contributed by atoms with van der Waals surface area (Å²) in [6, 6.07) is 6.07. The third kappa shape index (κ3) is 4.87. The van der Waals surface area contributed by atoms with E-state index >= 15 is 0 Å². The van der Waals surface area contributed by atoms with Crippen LogP contribution < -0.4 is 10.6 Å². The number of rotatable bonds is 6. The lowest BCUT2D eigenvalue weighted by molar-refractivity contribution is -0.137. The molecule has 0 saturated carbocycles. The molecule has 0 spiro atoms. The van der Waals surface area contributed by atoms with Gasteiger partial charge in [-0.05, 0) is 36.8 Å². The normalized spacial score (nSPS) is 12.5. The minimum Gasteiger partial charge on any atom is -0.459 e. The van der Waals surface area contributed by atoms with Gasteiger partial charge in [0.05, 0.1) is 17.5 Å². The Morgan fingerprint density at radius 3 is 2.50 bits per heavy atom. The number of benzene rings is 1. The highest BCUT2D eigenvalue weighted by Gasteiger charge is 2.34. The van der Waals surface area contributed by atoms with Crippen molar-refractivity contribution in [2.24, 2.45) is 5.92 Å². The average molecular weight is 368 g/mol. The molecular weight excluding hydrogens is 349 g/mol. The Bertz CT molecular complexity index is 770. The predicted octanol–water partition coefficient (Wildman–Crippen LogP) is 4.93. The summed E-state index contributed by atoms with van der Waals surface area (Å²) in [4.78, 5) is 23.9. The van der Waals surface area contributed by atoms with E-state index in [0.717, 1.165) is 18.6 Å². The van der Waals surface area contributed by atoms with Crippen molar-refractivity contribution in [3.8, 4) is 0 Å². The van der Waals surface area contributed by atoms with Crippen LogP contribution in [0.25, 0.3) is 0 Å². The van der Waals surface area contributed by atoms with Crippen LogP contribution in [0.2, 0.25) is 0 Å². The topological polar surface area (TPSA) is 71.3 Å². The van der Waals surface area contributed by atoms with Crippen LogP contribution in [0.15, 0.2) is 41.0 Å². The number of nitrogens with one attached hydrogen (secondary N) is 2. The molecule has 8 heteroatoms. The summed E-state index contributed by atoms with van der Waals surface area (Å²) in [6.07, 6.45) is -2.09. The fourth-order valence-corrected chi connectivity index (χ4v) is 2.39. The predicted molar refractivity (Wildman–Crippen MR) is 90.8 cm³/mol. The molecule has 1 atom stereocenters. The van der Waals surface area contributed by atoms with Gasteiger partial charge in [0.1, 0.15) is 0 Å². The molecular formula is C18H19F3N2O3. The molecule has 0 aliphatic rings. The van der Waals surface area contributed by atoms with Gasteiger partial charge >= 0.3 is 6.18 Å². The summed E-state index contributed by atoms with van der Waals surface area (Å²) in [7, 11) is 0. The maximum absolute atomic E-state index is 13.4. The Labute approximate surface area is 148 Å². The lowest BCUT2D eigenvalue weighted by Crippen LogP contribution is -2.22. The first kappa shape index (κ1) is 19.6. The summed E-state index contributed by atoms with van der Waals surface area (Å²) in [5, 5.41) is 4.65. The number of alkyl halides is 3. The molecule has 1 aromatic carbocycles. The van der Waals surface area contributed by atoms with Crippen LogP contribution in [0.3, 0.4) is 0 Å². The summed E-state index contributed by atoms with van der Waals surface area (Å²) in [6.45, 7) is 3.55. The van der Waals surface area contributed by atoms with E-state index in [9.17, 15) is 22.8 Å². The number of carbonyl (C=O) groups excluding carboxylic acids is 2. The van der Waals surface area contributed by atoms with Crippen molar-refractivity contribution in [2.75, 3.05) is 10.6 Å². The van der Waals surface area contributed by atoms with Crippen molar-refractivity contribution in [2.45, 2.75) is 32.9 Å². The SMILES string of the molecule is CCCC(C)C(=O)Nc1ccc(NC(=O)c2ccco2)cc1C(F)(F)F. The lowest BCUT2D eigenvalue weighted by Gasteiger charge is -2.17. The van der Waals surface area contributed by atoms with Crippen LogP contribution >= 0.6 is 0 Å². The number of furan rings is 1. The Kier molecular flexibility index (Phi) is 6.07. The molecule has 1 heterocycles. The van der Waals surface area contributed by atoms with E-state index in [0.29, 0.717) is 6.42 Å². The molecule has 0 saturated heterocycles. The molecule has 2 N–H and O–H groups in total. The van der Waals surface area contributed by atoms with E-state index in [4.69, 9.17) is 4.42 Å². The molecule has 0 bridgehead atoms. The van der Waals surface area contributed by atoms with Crippen molar-refractivity contribution < 1.29 is 27.2 Å². The van der Waals surface area contributed by atoms with Gasteiger partial charge in [-0.2, -0.15) is 13.2 Å². The highest BCUT2D eigenvalue weighted by molar-refractivity contribution is 6.02. The zero-order chi connectivity index (χ0) is 19.3. The first-order valence-electron chi connectivity index (χ1n) is 8.09. The van der Waals surface area contributed by atoms with Gasteiger partial charge in [-0.1, -0.05) is 20.3 Å². The largest absolute Gasteiger partial charge is 0.459 e. The van der Waals surface area contributed by atoms with E-state index in [1.165, 1.54) is 24.5 Å². The standard InChI is InChI=1S/C18H19F3N2O3/c1-3-5-11(2)16(24)23-14-8-7-12(10-13(14)18(19,20)21)22-17(25)15-6-4-9-26-15/h4,6-11H,3,5H2,1-2H3,(H,22,25)(H,23,24). The lowest BCUT2D eigenvalue weighted by atomic mass is 10.0. The maximum Gasteiger partial charge on any atom is 0.418 e. The van der Waals surface area contributed by atoms with Crippen molar-refractivity contribution in [3.63, 3.8) is 0 Å². The van der Waals surface area contributed by atoms with E-state index in [1.807, 2.05) is 6.92 Å². The monoisotopic (exact) mass is 368 g/mol. The third-order valence-corrected chi connectivity index (χ3v) is 3.75. The Morgan fingerprint density at radius 2 is 1.92 bits per heavy atom. The second-order valence-electron chi connectivity index (χ2n) is 5.87. The summed E-state index contributed by atoms with van der Waals surface area (Å²) < 4.78 is 45.0. The van der Waals surface area contributed by atoms with Crippen molar-refractivity contribution in [1.29, 1.82) is 0 Å². The number of hydrogen-bond donors (Lipinski definition) is 2. The molecule has 5 nitrogen and oxygen atoms in total. The van der Waals surface area contributed by atoms with Crippen LogP contribution in [0.1, 0.15) is 42.8 Å². The molecule has 140 valence electrons. The molecule has 1 unspecified atom stereocenters. The van der Waals surface area contributed by atoms with Gasteiger partial charge in [-0.15, -0.1) is 0 Å². The molecule has 0 fully saturated rings. The van der Waals surface area contributed by atoms with E-state index < -0.39 is 29.5 Å². The minimum atomic E-state index is -4.69. The fraction of sp³-hybridized carbons (Fsp3) is 0.333. The first-order valence-corrected chi connectivity index (χ1v) is 8.09. The molecule has 0 aliphatic carbocycles. The van der Waals surface area contributed by atoms with Crippen LogP contribution in [-0.2, 0) is 11.0 Å². The number of anilines is 2. The highest BCUT2D eigenvalue weighted by atomic mass is 19.4. The fourth-order valence-electron chi connectivity index (χ4n) is 2.39. The molecule has 0 aliphatic heterocycles. The second-order valence-corrected chi connectivity index (χ2v) is 5.87. The van der Waals surface area contributed by atoms with Crippen molar-refractivity contribution >= 4 is 23.2 Å². The first-order chi connectivity index (χ1) is 12.2.